The van der Waals surface area contributed by atoms with Crippen molar-refractivity contribution in [3.8, 4) is 10.7 Å². The molecule has 2 aromatic heterocycles. The fourth-order valence-electron chi connectivity index (χ4n) is 3.47. The minimum absolute atomic E-state index is 0.000365. The van der Waals surface area contributed by atoms with Gasteiger partial charge >= 0.3 is 0 Å². The first-order valence-corrected chi connectivity index (χ1v) is 9.43. The summed E-state index contributed by atoms with van der Waals surface area (Å²) in [5.41, 5.74) is 5.75. The Morgan fingerprint density at radius 3 is 2.72 bits per heavy atom. The molecule has 0 radical (unpaired) electrons. The summed E-state index contributed by atoms with van der Waals surface area (Å²) in [5.74, 6) is 0.696. The van der Waals surface area contributed by atoms with Crippen LogP contribution in [0.4, 0.5) is 0 Å². The maximum atomic E-state index is 12.6. The quantitative estimate of drug-likeness (QED) is 0.783. The molecule has 1 aliphatic heterocycles. The molecule has 1 aliphatic rings. The summed E-state index contributed by atoms with van der Waals surface area (Å²) in [5, 5.41) is 2.00. The molecule has 0 aliphatic carbocycles. The van der Waals surface area contributed by atoms with Gasteiger partial charge in [-0.2, -0.15) is 0 Å². The Morgan fingerprint density at radius 1 is 1.20 bits per heavy atom. The largest absolute Gasteiger partial charge is 0.306 e. The zero-order valence-electron chi connectivity index (χ0n) is 14.5. The third kappa shape index (κ3) is 3.17. The van der Waals surface area contributed by atoms with Crippen LogP contribution in [0.2, 0.25) is 0 Å². The van der Waals surface area contributed by atoms with Crippen LogP contribution in [-0.2, 0) is 19.5 Å². The van der Waals surface area contributed by atoms with E-state index >= 15 is 0 Å². The lowest BCUT2D eigenvalue weighted by Crippen LogP contribution is -2.35. The molecule has 0 spiro atoms. The molecule has 0 amide bonds. The number of aromatic amines is 1. The number of H-pyrrole nitrogens is 1. The van der Waals surface area contributed by atoms with Crippen molar-refractivity contribution in [2.75, 3.05) is 6.54 Å². The van der Waals surface area contributed by atoms with Gasteiger partial charge in [-0.3, -0.25) is 9.69 Å². The van der Waals surface area contributed by atoms with E-state index in [0.29, 0.717) is 12.4 Å². The molecule has 0 saturated carbocycles. The lowest BCUT2D eigenvalue weighted by Gasteiger charge is -2.28. The first-order chi connectivity index (χ1) is 12.1. The highest BCUT2D eigenvalue weighted by atomic mass is 32.1. The first kappa shape index (κ1) is 16.2. The zero-order valence-corrected chi connectivity index (χ0v) is 15.3. The maximum Gasteiger partial charge on any atom is 0.255 e. The molecule has 3 heterocycles. The van der Waals surface area contributed by atoms with Gasteiger partial charge in [0.2, 0.25) is 0 Å². The number of aryl methyl sites for hydroxylation is 2. The summed E-state index contributed by atoms with van der Waals surface area (Å²) in [6.45, 7) is 6.78. The highest BCUT2D eigenvalue weighted by Gasteiger charge is 2.22. The molecular weight excluding hydrogens is 330 g/mol. The number of rotatable bonds is 3. The standard InChI is InChI=1S/C20H21N3OS/c1-13-5-3-6-14(2)15(13)11-23-9-8-17-16(12-23)20(24)22-19(21-17)18-7-4-10-25-18/h3-7,10H,8-9,11-12H2,1-2H3,(H,21,22,24). The molecule has 0 unspecified atom stereocenters. The molecule has 4 rings (SSSR count). The summed E-state index contributed by atoms with van der Waals surface area (Å²) < 4.78 is 0. The van der Waals surface area contributed by atoms with Crippen LogP contribution in [0.1, 0.15) is 27.9 Å². The van der Waals surface area contributed by atoms with Crippen molar-refractivity contribution in [1.29, 1.82) is 0 Å². The highest BCUT2D eigenvalue weighted by molar-refractivity contribution is 7.13. The molecule has 0 bridgehead atoms. The number of hydrogen-bond donors (Lipinski definition) is 1. The van der Waals surface area contributed by atoms with E-state index in [4.69, 9.17) is 4.98 Å². The predicted molar refractivity (Wildman–Crippen MR) is 102 cm³/mol. The van der Waals surface area contributed by atoms with Crippen molar-refractivity contribution >= 4 is 11.3 Å². The van der Waals surface area contributed by atoms with Crippen molar-refractivity contribution in [3.05, 3.63) is 74.0 Å². The smallest absolute Gasteiger partial charge is 0.255 e. The second-order valence-corrected chi connectivity index (χ2v) is 7.60. The van der Waals surface area contributed by atoms with Gasteiger partial charge in [0.15, 0.2) is 5.82 Å². The Balaban J connectivity index is 1.61. The van der Waals surface area contributed by atoms with Crippen molar-refractivity contribution < 1.29 is 0 Å². The second-order valence-electron chi connectivity index (χ2n) is 6.65. The molecule has 4 nitrogen and oxygen atoms in total. The Kier molecular flexibility index (Phi) is 4.27. The zero-order chi connectivity index (χ0) is 17.4. The minimum atomic E-state index is -0.000365. The van der Waals surface area contributed by atoms with Crippen LogP contribution in [0.5, 0.6) is 0 Å². The van der Waals surface area contributed by atoms with Gasteiger partial charge in [0.1, 0.15) is 0 Å². The van der Waals surface area contributed by atoms with E-state index in [0.717, 1.165) is 35.6 Å². The highest BCUT2D eigenvalue weighted by Crippen LogP contribution is 2.24. The van der Waals surface area contributed by atoms with Crippen molar-refractivity contribution in [2.45, 2.75) is 33.4 Å². The van der Waals surface area contributed by atoms with Crippen molar-refractivity contribution in [3.63, 3.8) is 0 Å². The summed E-state index contributed by atoms with van der Waals surface area (Å²) in [6.07, 6.45) is 0.822. The lowest BCUT2D eigenvalue weighted by molar-refractivity contribution is 0.241. The van der Waals surface area contributed by atoms with E-state index in [1.807, 2.05) is 17.5 Å². The molecule has 25 heavy (non-hydrogen) atoms. The number of thiophene rings is 1. The van der Waals surface area contributed by atoms with E-state index in [-0.39, 0.29) is 5.56 Å². The van der Waals surface area contributed by atoms with Crippen LogP contribution >= 0.6 is 11.3 Å². The van der Waals surface area contributed by atoms with Crippen LogP contribution in [0.3, 0.4) is 0 Å². The second kappa shape index (κ2) is 6.58. The molecule has 0 atom stereocenters. The normalized spacial score (nSPS) is 14.5. The Hall–Kier alpha value is -2.24. The maximum absolute atomic E-state index is 12.6. The van der Waals surface area contributed by atoms with Gasteiger partial charge in [0.05, 0.1) is 16.1 Å². The minimum Gasteiger partial charge on any atom is -0.306 e. The van der Waals surface area contributed by atoms with Gasteiger partial charge < -0.3 is 4.98 Å². The van der Waals surface area contributed by atoms with Crippen LogP contribution in [0, 0.1) is 13.8 Å². The van der Waals surface area contributed by atoms with Crippen molar-refractivity contribution in [2.24, 2.45) is 0 Å². The van der Waals surface area contributed by atoms with Gasteiger partial charge in [-0.1, -0.05) is 24.3 Å². The Morgan fingerprint density at radius 2 is 2.00 bits per heavy atom. The van der Waals surface area contributed by atoms with Gasteiger partial charge in [0.25, 0.3) is 5.56 Å². The Bertz CT molecular complexity index is 939. The summed E-state index contributed by atoms with van der Waals surface area (Å²) in [4.78, 5) is 23.6. The first-order valence-electron chi connectivity index (χ1n) is 8.55. The number of nitrogens with one attached hydrogen (secondary N) is 1. The number of nitrogens with zero attached hydrogens (tertiary/aromatic N) is 2. The molecule has 128 valence electrons. The third-order valence-electron chi connectivity index (χ3n) is 4.93. The molecule has 1 aromatic carbocycles. The average molecular weight is 351 g/mol. The van der Waals surface area contributed by atoms with E-state index in [1.165, 1.54) is 16.7 Å². The summed E-state index contributed by atoms with van der Waals surface area (Å²) in [7, 11) is 0. The predicted octanol–water partition coefficient (Wildman–Crippen LogP) is 3.67. The molecular formula is C20H21N3OS. The van der Waals surface area contributed by atoms with E-state index in [2.05, 4.69) is 41.9 Å². The Labute approximate surface area is 151 Å². The molecule has 3 aromatic rings. The van der Waals surface area contributed by atoms with Crippen LogP contribution < -0.4 is 5.56 Å². The number of aromatic nitrogens is 2. The van der Waals surface area contributed by atoms with Gasteiger partial charge in [-0.25, -0.2) is 4.98 Å². The summed E-state index contributed by atoms with van der Waals surface area (Å²) >= 11 is 1.60. The van der Waals surface area contributed by atoms with E-state index < -0.39 is 0 Å². The fraction of sp³-hybridized carbons (Fsp3) is 0.300. The van der Waals surface area contributed by atoms with Gasteiger partial charge in [-0.05, 0) is 42.0 Å². The SMILES string of the molecule is Cc1cccc(C)c1CN1CCc2nc(-c3cccs3)[nH]c(=O)c2C1. The van der Waals surface area contributed by atoms with E-state index in [1.54, 1.807) is 11.3 Å². The summed E-state index contributed by atoms with van der Waals surface area (Å²) in [6, 6.07) is 10.4. The number of benzene rings is 1. The van der Waals surface area contributed by atoms with Gasteiger partial charge in [0, 0.05) is 26.1 Å². The van der Waals surface area contributed by atoms with E-state index in [9.17, 15) is 4.79 Å². The lowest BCUT2D eigenvalue weighted by atomic mass is 10.0. The topological polar surface area (TPSA) is 49.0 Å². The third-order valence-corrected chi connectivity index (χ3v) is 5.81. The van der Waals surface area contributed by atoms with Crippen LogP contribution in [-0.4, -0.2) is 21.4 Å². The molecule has 0 saturated heterocycles. The molecule has 0 fully saturated rings. The molecule has 5 heteroatoms. The van der Waals surface area contributed by atoms with Crippen LogP contribution in [0.15, 0.2) is 40.5 Å². The average Bonchev–Trinajstić information content (AvgIpc) is 3.13. The monoisotopic (exact) mass is 351 g/mol. The fourth-order valence-corrected chi connectivity index (χ4v) is 4.14. The molecule has 1 N–H and O–H groups in total. The van der Waals surface area contributed by atoms with Crippen molar-refractivity contribution in [1.82, 2.24) is 14.9 Å². The number of fused-ring (bicyclic) bond motifs is 1. The van der Waals surface area contributed by atoms with Crippen LogP contribution in [0.25, 0.3) is 10.7 Å². The number of hydrogen-bond acceptors (Lipinski definition) is 4. The van der Waals surface area contributed by atoms with Gasteiger partial charge in [-0.15, -0.1) is 11.3 Å².